The molecule has 0 aliphatic rings. The Morgan fingerprint density at radius 1 is 1.06 bits per heavy atom. The number of nitrogens with zero attached hydrogens (tertiary/aromatic N) is 1. The molecule has 2 rings (SSSR count). The van der Waals surface area contributed by atoms with Crippen molar-refractivity contribution in [3.63, 3.8) is 0 Å². The van der Waals surface area contributed by atoms with Crippen LogP contribution >= 0.6 is 0 Å². The lowest BCUT2D eigenvalue weighted by atomic mass is 10.2. The van der Waals surface area contributed by atoms with E-state index in [4.69, 9.17) is 0 Å². The summed E-state index contributed by atoms with van der Waals surface area (Å²) in [5.74, 6) is -1.65. The minimum Gasteiger partial charge on any atom is -0.381 e. The highest BCUT2D eigenvalue weighted by atomic mass is 19.1. The van der Waals surface area contributed by atoms with E-state index in [0.29, 0.717) is 5.69 Å². The Bertz CT molecular complexity index is 529. The number of aromatic nitrogens is 1. The maximum atomic E-state index is 13.3. The highest BCUT2D eigenvalue weighted by Crippen LogP contribution is 2.13. The van der Waals surface area contributed by atoms with Gasteiger partial charge in [0.15, 0.2) is 0 Å². The molecule has 0 saturated heterocycles. The van der Waals surface area contributed by atoms with Gasteiger partial charge in [0, 0.05) is 30.1 Å². The minimum absolute atomic E-state index is 0.0764. The Balaban J connectivity index is 2.09. The van der Waals surface area contributed by atoms with Crippen molar-refractivity contribution in [1.82, 2.24) is 4.98 Å². The quantitative estimate of drug-likeness (QED) is 0.831. The fourth-order valence-corrected chi connectivity index (χ4v) is 1.39. The van der Waals surface area contributed by atoms with E-state index in [0.717, 1.165) is 18.2 Å². The summed E-state index contributed by atoms with van der Waals surface area (Å²) in [4.78, 5) is 3.39. The minimum atomic E-state index is -0.630. The van der Waals surface area contributed by atoms with Gasteiger partial charge in [0.1, 0.15) is 11.6 Å². The number of hydrogen-bond donors (Lipinski definition) is 1. The second-order valence-electron chi connectivity index (χ2n) is 3.46. The van der Waals surface area contributed by atoms with Crippen LogP contribution in [-0.4, -0.2) is 4.98 Å². The third kappa shape index (κ3) is 2.96. The lowest BCUT2D eigenvalue weighted by molar-refractivity contribution is 0.583. The summed E-state index contributed by atoms with van der Waals surface area (Å²) in [6, 6.07) is 5.92. The Labute approximate surface area is 96.1 Å². The second-order valence-corrected chi connectivity index (χ2v) is 3.46. The molecule has 0 unspecified atom stereocenters. The number of rotatable bonds is 3. The number of halogens is 3. The zero-order valence-electron chi connectivity index (χ0n) is 8.75. The molecule has 0 bridgehead atoms. The lowest BCUT2D eigenvalue weighted by Gasteiger charge is -2.07. The molecule has 5 heteroatoms. The summed E-state index contributed by atoms with van der Waals surface area (Å²) in [6.07, 6.45) is 1.29. The topological polar surface area (TPSA) is 24.9 Å². The summed E-state index contributed by atoms with van der Waals surface area (Å²) in [6.45, 7) is 0.0764. The molecule has 1 aromatic carbocycles. The molecule has 0 saturated carbocycles. The molecule has 2 aromatic rings. The first kappa shape index (κ1) is 11.4. The van der Waals surface area contributed by atoms with Crippen molar-refractivity contribution in [2.24, 2.45) is 0 Å². The molecule has 1 aromatic heterocycles. The van der Waals surface area contributed by atoms with Gasteiger partial charge in [0.25, 0.3) is 0 Å². The summed E-state index contributed by atoms with van der Waals surface area (Å²) < 4.78 is 38.9. The van der Waals surface area contributed by atoms with Crippen LogP contribution in [-0.2, 0) is 6.54 Å². The molecule has 2 nitrogen and oxygen atoms in total. The molecule has 88 valence electrons. The van der Waals surface area contributed by atoms with E-state index in [9.17, 15) is 13.2 Å². The first-order chi connectivity index (χ1) is 8.15. The van der Waals surface area contributed by atoms with Crippen LogP contribution in [0.5, 0.6) is 0 Å². The van der Waals surface area contributed by atoms with E-state index in [1.54, 1.807) is 6.07 Å². The highest BCUT2D eigenvalue weighted by molar-refractivity contribution is 5.42. The Kier molecular flexibility index (Phi) is 3.27. The maximum Gasteiger partial charge on any atom is 0.214 e. The second kappa shape index (κ2) is 4.86. The summed E-state index contributed by atoms with van der Waals surface area (Å²) in [5, 5.41) is 2.78. The SMILES string of the molecule is Fc1ccc(F)c(CNc2ccnc(F)c2)c1. The molecule has 0 aliphatic carbocycles. The average molecular weight is 238 g/mol. The van der Waals surface area contributed by atoms with Gasteiger partial charge in [-0.05, 0) is 24.3 Å². The number of hydrogen-bond acceptors (Lipinski definition) is 2. The van der Waals surface area contributed by atoms with Crippen molar-refractivity contribution in [2.75, 3.05) is 5.32 Å². The third-order valence-corrected chi connectivity index (χ3v) is 2.22. The van der Waals surface area contributed by atoms with Gasteiger partial charge in [-0.2, -0.15) is 4.39 Å². The van der Waals surface area contributed by atoms with Gasteiger partial charge in [-0.15, -0.1) is 0 Å². The van der Waals surface area contributed by atoms with Gasteiger partial charge in [0.2, 0.25) is 5.95 Å². The van der Waals surface area contributed by atoms with Gasteiger partial charge in [-0.25, -0.2) is 13.8 Å². The molecular formula is C12H9F3N2. The van der Waals surface area contributed by atoms with Crippen molar-refractivity contribution < 1.29 is 13.2 Å². The van der Waals surface area contributed by atoms with E-state index < -0.39 is 17.6 Å². The molecule has 0 radical (unpaired) electrons. The van der Waals surface area contributed by atoms with Gasteiger partial charge >= 0.3 is 0 Å². The summed E-state index contributed by atoms with van der Waals surface area (Å²) >= 11 is 0. The number of nitrogens with one attached hydrogen (secondary N) is 1. The largest absolute Gasteiger partial charge is 0.381 e. The molecule has 1 N–H and O–H groups in total. The highest BCUT2D eigenvalue weighted by Gasteiger charge is 2.04. The molecule has 17 heavy (non-hydrogen) atoms. The van der Waals surface area contributed by atoms with Gasteiger partial charge in [-0.1, -0.05) is 0 Å². The number of anilines is 1. The van der Waals surface area contributed by atoms with Crippen molar-refractivity contribution in [3.8, 4) is 0 Å². The van der Waals surface area contributed by atoms with Crippen LogP contribution in [0.1, 0.15) is 5.56 Å². The van der Waals surface area contributed by atoms with Crippen LogP contribution in [0.4, 0.5) is 18.9 Å². The van der Waals surface area contributed by atoms with E-state index >= 15 is 0 Å². The first-order valence-corrected chi connectivity index (χ1v) is 4.94. The molecule has 1 heterocycles. The standard InChI is InChI=1S/C12H9F3N2/c13-9-1-2-11(14)8(5-9)7-17-10-3-4-16-12(15)6-10/h1-6H,7H2,(H,16,17). The predicted octanol–water partition coefficient (Wildman–Crippen LogP) is 3.11. The number of pyridine rings is 1. The smallest absolute Gasteiger partial charge is 0.214 e. The van der Waals surface area contributed by atoms with E-state index in [2.05, 4.69) is 10.3 Å². The molecule has 0 aliphatic heterocycles. The van der Waals surface area contributed by atoms with E-state index in [-0.39, 0.29) is 12.1 Å². The van der Waals surface area contributed by atoms with Crippen molar-refractivity contribution in [3.05, 3.63) is 59.7 Å². The molecule has 0 atom stereocenters. The normalized spacial score (nSPS) is 10.3. The van der Waals surface area contributed by atoms with E-state index in [1.807, 2.05) is 0 Å². The Hall–Kier alpha value is -2.04. The summed E-state index contributed by atoms with van der Waals surface area (Å²) in [5.41, 5.74) is 0.642. The Morgan fingerprint density at radius 2 is 1.88 bits per heavy atom. The number of benzene rings is 1. The van der Waals surface area contributed by atoms with Crippen LogP contribution in [0.3, 0.4) is 0 Å². The Morgan fingerprint density at radius 3 is 2.65 bits per heavy atom. The zero-order valence-corrected chi connectivity index (χ0v) is 8.75. The van der Waals surface area contributed by atoms with Crippen LogP contribution in [0.25, 0.3) is 0 Å². The van der Waals surface area contributed by atoms with Gasteiger partial charge < -0.3 is 5.32 Å². The van der Waals surface area contributed by atoms with Crippen LogP contribution < -0.4 is 5.32 Å². The zero-order chi connectivity index (χ0) is 12.3. The summed E-state index contributed by atoms with van der Waals surface area (Å²) in [7, 11) is 0. The fourth-order valence-electron chi connectivity index (χ4n) is 1.39. The molecule has 0 spiro atoms. The molecule has 0 amide bonds. The maximum absolute atomic E-state index is 13.3. The van der Waals surface area contributed by atoms with Crippen LogP contribution in [0, 0.1) is 17.6 Å². The average Bonchev–Trinajstić information content (AvgIpc) is 2.30. The monoisotopic (exact) mass is 238 g/mol. The molecular weight excluding hydrogens is 229 g/mol. The van der Waals surface area contributed by atoms with Crippen molar-refractivity contribution in [1.29, 1.82) is 0 Å². The van der Waals surface area contributed by atoms with Crippen molar-refractivity contribution in [2.45, 2.75) is 6.54 Å². The predicted molar refractivity (Wildman–Crippen MR) is 57.9 cm³/mol. The van der Waals surface area contributed by atoms with Gasteiger partial charge in [0.05, 0.1) is 0 Å². The molecule has 0 fully saturated rings. The van der Waals surface area contributed by atoms with Crippen LogP contribution in [0.2, 0.25) is 0 Å². The van der Waals surface area contributed by atoms with Gasteiger partial charge in [-0.3, -0.25) is 0 Å². The fraction of sp³-hybridized carbons (Fsp3) is 0.0833. The van der Waals surface area contributed by atoms with Crippen LogP contribution in [0.15, 0.2) is 36.5 Å². The van der Waals surface area contributed by atoms with E-state index in [1.165, 1.54) is 12.3 Å². The lowest BCUT2D eigenvalue weighted by Crippen LogP contribution is -2.02. The van der Waals surface area contributed by atoms with Crippen molar-refractivity contribution >= 4 is 5.69 Å². The third-order valence-electron chi connectivity index (χ3n) is 2.22. The first-order valence-electron chi connectivity index (χ1n) is 4.94.